The van der Waals surface area contributed by atoms with Crippen LogP contribution < -0.4 is 5.32 Å². The van der Waals surface area contributed by atoms with Crippen molar-refractivity contribution < 1.29 is 0 Å². The topological polar surface area (TPSA) is 53.6 Å². The van der Waals surface area contributed by atoms with Crippen molar-refractivity contribution in [2.24, 2.45) is 7.05 Å². The van der Waals surface area contributed by atoms with E-state index in [1.807, 2.05) is 25.4 Å². The molecule has 0 fully saturated rings. The van der Waals surface area contributed by atoms with Crippen molar-refractivity contribution in [1.82, 2.24) is 9.55 Å². The fourth-order valence-corrected chi connectivity index (χ4v) is 1.73. The highest BCUT2D eigenvalue weighted by molar-refractivity contribution is 6.29. The van der Waals surface area contributed by atoms with Gasteiger partial charge in [0.25, 0.3) is 0 Å². The smallest absolute Gasteiger partial charge is 0.131 e. The lowest BCUT2D eigenvalue weighted by Crippen LogP contribution is -1.98. The summed E-state index contributed by atoms with van der Waals surface area (Å²) in [6.45, 7) is 0.649. The molecule has 2 heterocycles. The van der Waals surface area contributed by atoms with Crippen LogP contribution >= 0.6 is 11.6 Å². The normalized spacial score (nSPS) is 9.94. The summed E-state index contributed by atoms with van der Waals surface area (Å²) in [5.41, 5.74) is 2.61. The van der Waals surface area contributed by atoms with Crippen LogP contribution in [0.2, 0.25) is 5.15 Å². The van der Waals surface area contributed by atoms with Gasteiger partial charge in [-0.3, -0.25) is 0 Å². The van der Waals surface area contributed by atoms with Gasteiger partial charge in [0.05, 0.1) is 0 Å². The average Bonchev–Trinajstić information content (AvgIpc) is 2.67. The van der Waals surface area contributed by atoms with Crippen molar-refractivity contribution in [2.75, 3.05) is 5.32 Å². The summed E-state index contributed by atoms with van der Waals surface area (Å²) in [6.07, 6.45) is 3.57. The number of hydrogen-bond acceptors (Lipinski definition) is 3. The van der Waals surface area contributed by atoms with Gasteiger partial charge in [0, 0.05) is 31.7 Å². The van der Waals surface area contributed by atoms with Gasteiger partial charge in [0.15, 0.2) is 0 Å². The molecule has 0 aliphatic rings. The number of halogens is 1. The van der Waals surface area contributed by atoms with Gasteiger partial charge in [-0.1, -0.05) is 11.6 Å². The molecule has 4 nitrogen and oxygen atoms in total. The van der Waals surface area contributed by atoms with E-state index in [-0.39, 0.29) is 0 Å². The van der Waals surface area contributed by atoms with Gasteiger partial charge in [-0.05, 0) is 23.8 Å². The van der Waals surface area contributed by atoms with E-state index in [2.05, 4.69) is 16.4 Å². The Bertz CT molecular complexity index is 568. The molecule has 5 heteroatoms. The maximum absolute atomic E-state index is 8.84. The molecule has 0 saturated carbocycles. The minimum atomic E-state index is 0.459. The summed E-state index contributed by atoms with van der Waals surface area (Å²) >= 11 is 5.78. The van der Waals surface area contributed by atoms with Crippen LogP contribution in [0.3, 0.4) is 0 Å². The zero-order chi connectivity index (χ0) is 12.3. The molecular formula is C12H11ClN4. The summed E-state index contributed by atoms with van der Waals surface area (Å²) in [5, 5.41) is 12.5. The van der Waals surface area contributed by atoms with E-state index in [1.165, 1.54) is 0 Å². The molecule has 0 unspecified atom stereocenters. The van der Waals surface area contributed by atoms with Gasteiger partial charge >= 0.3 is 0 Å². The fourth-order valence-electron chi connectivity index (χ4n) is 1.56. The predicted octanol–water partition coefficient (Wildman–Crippen LogP) is 2.56. The van der Waals surface area contributed by atoms with Gasteiger partial charge < -0.3 is 9.88 Å². The van der Waals surface area contributed by atoms with E-state index in [4.69, 9.17) is 16.9 Å². The first-order chi connectivity index (χ1) is 8.19. The highest BCUT2D eigenvalue weighted by Gasteiger charge is 2.02. The van der Waals surface area contributed by atoms with E-state index in [1.54, 1.807) is 16.8 Å². The number of hydrogen-bond donors (Lipinski definition) is 1. The van der Waals surface area contributed by atoms with Gasteiger partial charge in [-0.25, -0.2) is 4.98 Å². The van der Waals surface area contributed by atoms with Crippen LogP contribution in [-0.4, -0.2) is 9.55 Å². The molecule has 0 radical (unpaired) electrons. The van der Waals surface area contributed by atoms with Crippen molar-refractivity contribution in [1.29, 1.82) is 5.26 Å². The first kappa shape index (κ1) is 11.5. The molecule has 0 amide bonds. The monoisotopic (exact) mass is 246 g/mol. The van der Waals surface area contributed by atoms with Crippen LogP contribution in [0.1, 0.15) is 11.3 Å². The summed E-state index contributed by atoms with van der Waals surface area (Å²) < 4.78 is 1.80. The minimum Gasteiger partial charge on any atom is -0.381 e. The van der Waals surface area contributed by atoms with Crippen molar-refractivity contribution in [2.45, 2.75) is 6.54 Å². The summed E-state index contributed by atoms with van der Waals surface area (Å²) in [5.74, 6) is 0. The third-order valence-corrected chi connectivity index (χ3v) is 2.61. The number of rotatable bonds is 3. The maximum atomic E-state index is 8.84. The lowest BCUT2D eigenvalue weighted by Gasteiger charge is -2.04. The molecule has 1 N–H and O–H groups in total. The Morgan fingerprint density at radius 2 is 2.35 bits per heavy atom. The second kappa shape index (κ2) is 4.89. The Balaban J connectivity index is 2.05. The Labute approximate surface area is 104 Å². The number of pyridine rings is 1. The highest BCUT2D eigenvalue weighted by atomic mass is 35.5. The van der Waals surface area contributed by atoms with Gasteiger partial charge in [0.2, 0.25) is 0 Å². The molecule has 0 atom stereocenters. The van der Waals surface area contributed by atoms with E-state index in [0.717, 1.165) is 11.3 Å². The summed E-state index contributed by atoms with van der Waals surface area (Å²) in [7, 11) is 1.85. The van der Waals surface area contributed by atoms with Crippen molar-refractivity contribution in [3.05, 3.63) is 47.0 Å². The number of anilines is 1. The lowest BCUT2D eigenvalue weighted by molar-refractivity contribution is 0.902. The Morgan fingerprint density at radius 1 is 1.53 bits per heavy atom. The van der Waals surface area contributed by atoms with Crippen LogP contribution in [-0.2, 0) is 13.6 Å². The number of nitrogens with zero attached hydrogens (tertiary/aromatic N) is 3. The number of nitrogens with one attached hydrogen (secondary N) is 1. The van der Waals surface area contributed by atoms with Crippen LogP contribution in [0.25, 0.3) is 0 Å². The number of nitriles is 1. The zero-order valence-electron chi connectivity index (χ0n) is 9.31. The van der Waals surface area contributed by atoms with Gasteiger partial charge in [-0.2, -0.15) is 5.26 Å². The molecule has 0 aromatic carbocycles. The second-order valence-electron chi connectivity index (χ2n) is 3.68. The Kier molecular flexibility index (Phi) is 3.31. The maximum Gasteiger partial charge on any atom is 0.131 e. The molecule has 17 heavy (non-hydrogen) atoms. The largest absolute Gasteiger partial charge is 0.381 e. The van der Waals surface area contributed by atoms with Crippen LogP contribution in [0.5, 0.6) is 0 Å². The van der Waals surface area contributed by atoms with Crippen LogP contribution in [0.4, 0.5) is 5.69 Å². The molecule has 0 saturated heterocycles. The Morgan fingerprint density at radius 3 is 3.00 bits per heavy atom. The number of aromatic nitrogens is 2. The third-order valence-electron chi connectivity index (χ3n) is 2.40. The van der Waals surface area contributed by atoms with E-state index in [0.29, 0.717) is 17.4 Å². The quantitative estimate of drug-likeness (QED) is 0.847. The van der Waals surface area contributed by atoms with Gasteiger partial charge in [0.1, 0.15) is 16.9 Å². The SMILES string of the molecule is Cn1cc(CNc2ccnc(Cl)c2)cc1C#N. The van der Waals surface area contributed by atoms with Crippen molar-refractivity contribution in [3.8, 4) is 6.07 Å². The first-order valence-corrected chi connectivity index (χ1v) is 5.47. The average molecular weight is 247 g/mol. The molecule has 0 bridgehead atoms. The molecular weight excluding hydrogens is 236 g/mol. The predicted molar refractivity (Wildman–Crippen MR) is 66.7 cm³/mol. The fraction of sp³-hybridized carbons (Fsp3) is 0.167. The van der Waals surface area contributed by atoms with Crippen molar-refractivity contribution in [3.63, 3.8) is 0 Å². The van der Waals surface area contributed by atoms with Crippen LogP contribution in [0.15, 0.2) is 30.6 Å². The second-order valence-corrected chi connectivity index (χ2v) is 4.06. The first-order valence-electron chi connectivity index (χ1n) is 5.10. The van der Waals surface area contributed by atoms with E-state index >= 15 is 0 Å². The van der Waals surface area contributed by atoms with E-state index < -0.39 is 0 Å². The molecule has 2 rings (SSSR count). The van der Waals surface area contributed by atoms with Crippen molar-refractivity contribution >= 4 is 17.3 Å². The molecule has 0 spiro atoms. The number of aryl methyl sites for hydroxylation is 1. The van der Waals surface area contributed by atoms with Gasteiger partial charge in [-0.15, -0.1) is 0 Å². The molecule has 86 valence electrons. The molecule has 2 aromatic rings. The standard InChI is InChI=1S/C12H11ClN4/c1-17-8-9(4-11(17)6-14)7-16-10-2-3-15-12(13)5-10/h2-5,8H,7H2,1H3,(H,15,16). The lowest BCUT2D eigenvalue weighted by atomic mass is 10.3. The molecule has 0 aliphatic carbocycles. The summed E-state index contributed by atoms with van der Waals surface area (Å²) in [6, 6.07) is 7.59. The molecule has 0 aliphatic heterocycles. The summed E-state index contributed by atoms with van der Waals surface area (Å²) in [4.78, 5) is 3.90. The highest BCUT2D eigenvalue weighted by Crippen LogP contribution is 2.14. The Hall–Kier alpha value is -1.99. The third kappa shape index (κ3) is 2.77. The molecule has 2 aromatic heterocycles. The van der Waals surface area contributed by atoms with E-state index in [9.17, 15) is 0 Å². The zero-order valence-corrected chi connectivity index (χ0v) is 10.1. The van der Waals surface area contributed by atoms with Crippen LogP contribution in [0, 0.1) is 11.3 Å². The minimum absolute atomic E-state index is 0.459.